The van der Waals surface area contributed by atoms with E-state index < -0.39 is 0 Å². The number of hydrogen-bond donors (Lipinski definition) is 1. The zero-order valence-corrected chi connectivity index (χ0v) is 14.4. The number of carbonyl (C=O) groups is 2. The summed E-state index contributed by atoms with van der Waals surface area (Å²) in [6.07, 6.45) is 0.943. The van der Waals surface area contributed by atoms with E-state index in [2.05, 4.69) is 26.2 Å². The molecular weight excluding hydrogens is 368 g/mol. The van der Waals surface area contributed by atoms with Gasteiger partial charge < -0.3 is 10.1 Å². The molecule has 22 heavy (non-hydrogen) atoms. The van der Waals surface area contributed by atoms with E-state index in [0.717, 1.165) is 10.2 Å². The SMILES string of the molecule is CC(=O)c1csc(NC(=O)CCCOc2ccc(Br)cc2)n1. The van der Waals surface area contributed by atoms with Crippen LogP contribution in [0.4, 0.5) is 5.13 Å². The maximum atomic E-state index is 11.8. The number of anilines is 1. The molecule has 0 aliphatic heterocycles. The Labute approximate surface area is 140 Å². The Bertz CT molecular complexity index is 655. The lowest BCUT2D eigenvalue weighted by Gasteiger charge is -2.06. The van der Waals surface area contributed by atoms with E-state index in [1.54, 1.807) is 5.38 Å². The first kappa shape index (κ1) is 16.6. The fraction of sp³-hybridized carbons (Fsp3) is 0.267. The van der Waals surface area contributed by atoms with Gasteiger partial charge >= 0.3 is 0 Å². The number of amides is 1. The van der Waals surface area contributed by atoms with Gasteiger partial charge in [0.2, 0.25) is 5.91 Å². The molecule has 1 N–H and O–H groups in total. The highest BCUT2D eigenvalue weighted by Crippen LogP contribution is 2.17. The van der Waals surface area contributed by atoms with Gasteiger partial charge in [0.25, 0.3) is 0 Å². The third-order valence-electron chi connectivity index (χ3n) is 2.74. The number of thiazole rings is 1. The molecule has 0 spiro atoms. The van der Waals surface area contributed by atoms with Crippen LogP contribution in [0.15, 0.2) is 34.1 Å². The largest absolute Gasteiger partial charge is 0.494 e. The van der Waals surface area contributed by atoms with Crippen molar-refractivity contribution >= 4 is 44.1 Å². The summed E-state index contributed by atoms with van der Waals surface area (Å²) in [7, 11) is 0. The number of halogens is 1. The number of benzene rings is 1. The minimum atomic E-state index is -0.135. The molecule has 116 valence electrons. The van der Waals surface area contributed by atoms with E-state index in [4.69, 9.17) is 4.74 Å². The molecule has 7 heteroatoms. The summed E-state index contributed by atoms with van der Waals surface area (Å²) in [4.78, 5) is 26.9. The highest BCUT2D eigenvalue weighted by atomic mass is 79.9. The molecule has 0 aliphatic carbocycles. The molecule has 1 aromatic carbocycles. The van der Waals surface area contributed by atoms with Crippen molar-refractivity contribution in [3.8, 4) is 5.75 Å². The highest BCUT2D eigenvalue weighted by molar-refractivity contribution is 9.10. The van der Waals surface area contributed by atoms with E-state index in [1.807, 2.05) is 24.3 Å². The fourth-order valence-electron chi connectivity index (χ4n) is 1.63. The number of nitrogens with one attached hydrogen (secondary N) is 1. The molecule has 0 bridgehead atoms. The van der Waals surface area contributed by atoms with Crippen molar-refractivity contribution in [2.75, 3.05) is 11.9 Å². The number of nitrogens with zero attached hydrogens (tertiary/aromatic N) is 1. The van der Waals surface area contributed by atoms with Crippen LogP contribution in [0.5, 0.6) is 5.75 Å². The van der Waals surface area contributed by atoms with Crippen LogP contribution < -0.4 is 10.1 Å². The van der Waals surface area contributed by atoms with Crippen LogP contribution in [0.3, 0.4) is 0 Å². The van der Waals surface area contributed by atoms with Crippen molar-refractivity contribution in [2.45, 2.75) is 19.8 Å². The molecule has 5 nitrogen and oxygen atoms in total. The maximum absolute atomic E-state index is 11.8. The molecular formula is C15H15BrN2O3S. The van der Waals surface area contributed by atoms with Crippen molar-refractivity contribution in [3.05, 3.63) is 39.8 Å². The Balaban J connectivity index is 1.69. The highest BCUT2D eigenvalue weighted by Gasteiger charge is 2.09. The van der Waals surface area contributed by atoms with Crippen molar-refractivity contribution in [1.29, 1.82) is 0 Å². The lowest BCUT2D eigenvalue weighted by Crippen LogP contribution is -2.12. The third-order valence-corrected chi connectivity index (χ3v) is 4.03. The van der Waals surface area contributed by atoms with Gasteiger partial charge in [0, 0.05) is 23.2 Å². The van der Waals surface area contributed by atoms with Gasteiger partial charge in [-0.1, -0.05) is 15.9 Å². The van der Waals surface area contributed by atoms with E-state index >= 15 is 0 Å². The number of ether oxygens (including phenoxy) is 1. The minimum Gasteiger partial charge on any atom is -0.494 e. The summed E-state index contributed by atoms with van der Waals surface area (Å²) in [5.41, 5.74) is 0.374. The van der Waals surface area contributed by atoms with Crippen LogP contribution in [-0.4, -0.2) is 23.3 Å². The predicted octanol–water partition coefficient (Wildman–Crippen LogP) is 3.91. The van der Waals surface area contributed by atoms with Crippen LogP contribution in [0, 0.1) is 0 Å². The zero-order valence-electron chi connectivity index (χ0n) is 12.0. The molecule has 0 saturated heterocycles. The predicted molar refractivity (Wildman–Crippen MR) is 89.6 cm³/mol. The second-order valence-electron chi connectivity index (χ2n) is 4.55. The number of Topliss-reactive ketones (excluding diaryl/α,β-unsaturated/α-hetero) is 1. The summed E-state index contributed by atoms with van der Waals surface area (Å²) in [5, 5.41) is 4.76. The molecule has 0 atom stereocenters. The number of rotatable bonds is 7. The van der Waals surface area contributed by atoms with Gasteiger partial charge in [0.15, 0.2) is 10.9 Å². The Morgan fingerprint density at radius 1 is 1.32 bits per heavy atom. The molecule has 0 aliphatic rings. The molecule has 2 rings (SSSR count). The van der Waals surface area contributed by atoms with E-state index in [1.165, 1.54) is 18.3 Å². The minimum absolute atomic E-state index is 0.111. The summed E-state index contributed by atoms with van der Waals surface area (Å²) in [6.45, 7) is 1.91. The van der Waals surface area contributed by atoms with Crippen LogP contribution in [0.2, 0.25) is 0 Å². The normalized spacial score (nSPS) is 10.3. The molecule has 0 fully saturated rings. The molecule has 2 aromatic rings. The van der Waals surface area contributed by atoms with Gasteiger partial charge in [-0.15, -0.1) is 11.3 Å². The summed E-state index contributed by atoms with van der Waals surface area (Å²) < 4.78 is 6.53. The third kappa shape index (κ3) is 5.23. The van der Waals surface area contributed by atoms with Crippen molar-refractivity contribution < 1.29 is 14.3 Å². The maximum Gasteiger partial charge on any atom is 0.226 e. The molecule has 0 radical (unpaired) electrons. The summed E-state index contributed by atoms with van der Waals surface area (Å²) in [5.74, 6) is 0.526. The number of hydrogen-bond acceptors (Lipinski definition) is 5. The molecule has 1 aromatic heterocycles. The number of carbonyl (C=O) groups excluding carboxylic acids is 2. The molecule has 0 unspecified atom stereocenters. The number of ketones is 1. The topological polar surface area (TPSA) is 68.3 Å². The first-order valence-electron chi connectivity index (χ1n) is 6.69. The Hall–Kier alpha value is -1.73. The van der Waals surface area contributed by atoms with Gasteiger partial charge in [-0.05, 0) is 30.7 Å². The van der Waals surface area contributed by atoms with Gasteiger partial charge in [-0.25, -0.2) is 4.98 Å². The van der Waals surface area contributed by atoms with Crippen LogP contribution >= 0.6 is 27.3 Å². The lowest BCUT2D eigenvalue weighted by atomic mass is 10.3. The van der Waals surface area contributed by atoms with Crippen LogP contribution in [0.1, 0.15) is 30.3 Å². The standard InChI is InChI=1S/C15H15BrN2O3S/c1-10(19)13-9-22-15(17-13)18-14(20)3-2-8-21-12-6-4-11(16)5-7-12/h4-7,9H,2-3,8H2,1H3,(H,17,18,20). The van der Waals surface area contributed by atoms with Gasteiger partial charge in [-0.2, -0.15) is 0 Å². The van der Waals surface area contributed by atoms with Crippen LogP contribution in [0.25, 0.3) is 0 Å². The van der Waals surface area contributed by atoms with Crippen molar-refractivity contribution in [3.63, 3.8) is 0 Å². The lowest BCUT2D eigenvalue weighted by molar-refractivity contribution is -0.116. The van der Waals surface area contributed by atoms with E-state index in [9.17, 15) is 9.59 Å². The number of aromatic nitrogens is 1. The molecule has 0 saturated carbocycles. The van der Waals surface area contributed by atoms with Gasteiger partial charge in [-0.3, -0.25) is 9.59 Å². The fourth-order valence-corrected chi connectivity index (χ4v) is 2.66. The monoisotopic (exact) mass is 382 g/mol. The van der Waals surface area contributed by atoms with Crippen molar-refractivity contribution in [1.82, 2.24) is 4.98 Å². The average Bonchev–Trinajstić information content (AvgIpc) is 2.94. The summed E-state index contributed by atoms with van der Waals surface area (Å²) >= 11 is 4.60. The van der Waals surface area contributed by atoms with Gasteiger partial charge in [0.05, 0.1) is 6.61 Å². The second kappa shape index (κ2) is 8.05. The van der Waals surface area contributed by atoms with Crippen molar-refractivity contribution in [2.24, 2.45) is 0 Å². The zero-order chi connectivity index (χ0) is 15.9. The Kier molecular flexibility index (Phi) is 6.09. The van der Waals surface area contributed by atoms with Crippen LogP contribution in [-0.2, 0) is 4.79 Å². The molecule has 1 heterocycles. The van der Waals surface area contributed by atoms with Gasteiger partial charge in [0.1, 0.15) is 11.4 Å². The Morgan fingerprint density at radius 3 is 2.68 bits per heavy atom. The first-order chi connectivity index (χ1) is 10.5. The molecule has 1 amide bonds. The average molecular weight is 383 g/mol. The first-order valence-corrected chi connectivity index (χ1v) is 8.36. The van der Waals surface area contributed by atoms with E-state index in [0.29, 0.717) is 30.3 Å². The smallest absolute Gasteiger partial charge is 0.226 e. The second-order valence-corrected chi connectivity index (χ2v) is 6.32. The quantitative estimate of drug-likeness (QED) is 0.582. The Morgan fingerprint density at radius 2 is 2.05 bits per heavy atom. The van der Waals surface area contributed by atoms with E-state index in [-0.39, 0.29) is 11.7 Å². The summed E-state index contributed by atoms with van der Waals surface area (Å²) in [6, 6.07) is 7.53.